The summed E-state index contributed by atoms with van der Waals surface area (Å²) in [5.74, 6) is -0.560. The van der Waals surface area contributed by atoms with Gasteiger partial charge < -0.3 is 15.0 Å². The van der Waals surface area contributed by atoms with Crippen molar-refractivity contribution in [2.24, 2.45) is 0 Å². The largest absolute Gasteiger partial charge is 0.465 e. The molecule has 0 radical (unpaired) electrons. The van der Waals surface area contributed by atoms with Crippen molar-refractivity contribution in [3.8, 4) is 0 Å². The van der Waals surface area contributed by atoms with Gasteiger partial charge in [-0.05, 0) is 39.8 Å². The van der Waals surface area contributed by atoms with Gasteiger partial charge in [-0.3, -0.25) is 9.59 Å². The van der Waals surface area contributed by atoms with Gasteiger partial charge in [-0.2, -0.15) is 0 Å². The zero-order valence-corrected chi connectivity index (χ0v) is 13.2. The molecular weight excluding hydrogens is 268 g/mol. The third-order valence-electron chi connectivity index (χ3n) is 3.01. The molecule has 0 bridgehead atoms. The van der Waals surface area contributed by atoms with Gasteiger partial charge in [0.25, 0.3) is 5.91 Å². The van der Waals surface area contributed by atoms with Crippen molar-refractivity contribution < 1.29 is 14.3 Å². The first-order valence-electron chi connectivity index (χ1n) is 7.30. The Balaban J connectivity index is 2.98. The lowest BCUT2D eigenvalue weighted by Crippen LogP contribution is -2.41. The van der Waals surface area contributed by atoms with Crippen LogP contribution in [0.1, 0.15) is 38.1 Å². The molecule has 0 spiro atoms. The minimum absolute atomic E-state index is 0.0369. The Hall–Kier alpha value is -2.04. The second-order valence-electron chi connectivity index (χ2n) is 4.91. The predicted octanol–water partition coefficient (Wildman–Crippen LogP) is 2.53. The van der Waals surface area contributed by atoms with E-state index in [1.165, 1.54) is 4.90 Å². The molecule has 1 rings (SSSR count). The van der Waals surface area contributed by atoms with Crippen LogP contribution in [0.3, 0.4) is 0 Å². The number of hydrogen-bond donors (Lipinski definition) is 1. The first kappa shape index (κ1) is 17.0. The van der Waals surface area contributed by atoms with E-state index in [2.05, 4.69) is 5.32 Å². The van der Waals surface area contributed by atoms with E-state index in [1.54, 1.807) is 13.0 Å². The van der Waals surface area contributed by atoms with Gasteiger partial charge in [-0.1, -0.05) is 12.1 Å². The summed E-state index contributed by atoms with van der Waals surface area (Å²) in [6.45, 7) is 8.49. The number of rotatable bonds is 7. The highest BCUT2D eigenvalue weighted by Crippen LogP contribution is 2.18. The van der Waals surface area contributed by atoms with Crippen molar-refractivity contribution in [3.63, 3.8) is 0 Å². The van der Waals surface area contributed by atoms with Crippen LogP contribution in [0.15, 0.2) is 24.3 Å². The molecule has 0 atom stereocenters. The summed E-state index contributed by atoms with van der Waals surface area (Å²) in [6, 6.07) is 7.23. The molecule has 0 fully saturated rings. The monoisotopic (exact) mass is 292 g/mol. The number of carbonyl (C=O) groups is 2. The highest BCUT2D eigenvalue weighted by molar-refractivity contribution is 6.01. The van der Waals surface area contributed by atoms with Crippen LogP contribution < -0.4 is 5.32 Å². The molecule has 5 nitrogen and oxygen atoms in total. The summed E-state index contributed by atoms with van der Waals surface area (Å²) in [5, 5.41) is 3.17. The maximum Gasteiger partial charge on any atom is 0.325 e. The topological polar surface area (TPSA) is 58.6 Å². The van der Waals surface area contributed by atoms with Gasteiger partial charge in [0.05, 0.1) is 12.2 Å². The number of hydrogen-bond acceptors (Lipinski definition) is 4. The van der Waals surface area contributed by atoms with Crippen LogP contribution in [-0.2, 0) is 9.53 Å². The van der Waals surface area contributed by atoms with Gasteiger partial charge in [0, 0.05) is 18.3 Å². The van der Waals surface area contributed by atoms with Crippen LogP contribution >= 0.6 is 0 Å². The van der Waals surface area contributed by atoms with Crippen molar-refractivity contribution in [2.75, 3.05) is 25.0 Å². The number of nitrogens with one attached hydrogen (secondary N) is 1. The minimum atomic E-state index is -0.388. The van der Waals surface area contributed by atoms with Crippen LogP contribution in [-0.4, -0.2) is 42.5 Å². The molecule has 0 heterocycles. The third kappa shape index (κ3) is 4.77. The molecule has 1 N–H and O–H groups in total. The molecule has 21 heavy (non-hydrogen) atoms. The molecule has 0 aliphatic rings. The van der Waals surface area contributed by atoms with Crippen molar-refractivity contribution >= 4 is 17.6 Å². The summed E-state index contributed by atoms with van der Waals surface area (Å²) >= 11 is 0. The quantitative estimate of drug-likeness (QED) is 0.785. The summed E-state index contributed by atoms with van der Waals surface area (Å²) in [6.07, 6.45) is 0. The molecule has 0 aliphatic carbocycles. The SMILES string of the molecule is CCNc1ccccc1C(=O)N(CC(=O)OCC)C(C)C. The van der Waals surface area contributed by atoms with Crippen molar-refractivity contribution in [3.05, 3.63) is 29.8 Å². The Labute approximate surface area is 126 Å². The van der Waals surface area contributed by atoms with Gasteiger partial charge in [-0.25, -0.2) is 0 Å². The summed E-state index contributed by atoms with van der Waals surface area (Å²) in [4.78, 5) is 25.9. The van der Waals surface area contributed by atoms with Gasteiger partial charge in [0.2, 0.25) is 0 Å². The number of nitrogens with zero attached hydrogens (tertiary/aromatic N) is 1. The Morgan fingerprint density at radius 3 is 2.48 bits per heavy atom. The standard InChI is InChI=1S/C16H24N2O3/c1-5-17-14-10-8-7-9-13(14)16(20)18(12(3)4)11-15(19)21-6-2/h7-10,12,17H,5-6,11H2,1-4H3. The van der Waals surface area contributed by atoms with E-state index in [-0.39, 0.29) is 24.5 Å². The Kier molecular flexibility index (Phi) is 6.72. The highest BCUT2D eigenvalue weighted by Gasteiger charge is 2.23. The first-order chi connectivity index (χ1) is 10.0. The minimum Gasteiger partial charge on any atom is -0.465 e. The van der Waals surface area contributed by atoms with Gasteiger partial charge in [-0.15, -0.1) is 0 Å². The summed E-state index contributed by atoms with van der Waals surface area (Å²) in [5.41, 5.74) is 1.34. The van der Waals surface area contributed by atoms with Crippen LogP contribution in [0.5, 0.6) is 0 Å². The molecule has 0 saturated carbocycles. The van der Waals surface area contributed by atoms with E-state index in [0.29, 0.717) is 12.2 Å². The molecule has 0 aromatic heterocycles. The molecule has 1 aromatic carbocycles. The number of carbonyl (C=O) groups excluding carboxylic acids is 2. The fourth-order valence-corrected chi connectivity index (χ4v) is 2.00. The van der Waals surface area contributed by atoms with Crippen molar-refractivity contribution in [2.45, 2.75) is 33.7 Å². The normalized spacial score (nSPS) is 10.3. The molecule has 0 saturated heterocycles. The van der Waals surface area contributed by atoms with Crippen molar-refractivity contribution in [1.29, 1.82) is 0 Å². The Morgan fingerprint density at radius 1 is 1.24 bits per heavy atom. The second-order valence-corrected chi connectivity index (χ2v) is 4.91. The average Bonchev–Trinajstić information content (AvgIpc) is 2.45. The lowest BCUT2D eigenvalue weighted by Gasteiger charge is -2.26. The van der Waals surface area contributed by atoms with Crippen LogP contribution in [0, 0.1) is 0 Å². The number of esters is 1. The van der Waals surface area contributed by atoms with Crippen LogP contribution in [0.25, 0.3) is 0 Å². The van der Waals surface area contributed by atoms with Gasteiger partial charge in [0.15, 0.2) is 0 Å². The number of ether oxygens (including phenoxy) is 1. The molecular formula is C16H24N2O3. The van der Waals surface area contributed by atoms with E-state index in [0.717, 1.165) is 12.2 Å². The third-order valence-corrected chi connectivity index (χ3v) is 3.01. The molecule has 116 valence electrons. The van der Waals surface area contributed by atoms with Crippen LogP contribution in [0.2, 0.25) is 0 Å². The Bertz CT molecular complexity index is 486. The fourth-order valence-electron chi connectivity index (χ4n) is 2.00. The maximum atomic E-state index is 12.7. The first-order valence-corrected chi connectivity index (χ1v) is 7.30. The summed E-state index contributed by atoms with van der Waals surface area (Å²) < 4.78 is 4.94. The van der Waals surface area contributed by atoms with E-state index < -0.39 is 0 Å². The average molecular weight is 292 g/mol. The molecule has 0 unspecified atom stereocenters. The van der Waals surface area contributed by atoms with E-state index in [9.17, 15) is 9.59 Å². The lowest BCUT2D eigenvalue weighted by molar-refractivity contribution is -0.144. The predicted molar refractivity (Wildman–Crippen MR) is 83.4 cm³/mol. The number of para-hydroxylation sites is 1. The highest BCUT2D eigenvalue weighted by atomic mass is 16.5. The van der Waals surface area contributed by atoms with E-state index in [4.69, 9.17) is 4.74 Å². The molecule has 0 aliphatic heterocycles. The fraction of sp³-hybridized carbons (Fsp3) is 0.500. The molecule has 1 amide bonds. The molecule has 1 aromatic rings. The van der Waals surface area contributed by atoms with Gasteiger partial charge >= 0.3 is 5.97 Å². The smallest absolute Gasteiger partial charge is 0.325 e. The number of amides is 1. The Morgan fingerprint density at radius 2 is 1.90 bits per heavy atom. The molecule has 5 heteroatoms. The maximum absolute atomic E-state index is 12.7. The second kappa shape index (κ2) is 8.29. The van der Waals surface area contributed by atoms with Crippen LogP contribution in [0.4, 0.5) is 5.69 Å². The van der Waals surface area contributed by atoms with E-state index >= 15 is 0 Å². The number of anilines is 1. The van der Waals surface area contributed by atoms with E-state index in [1.807, 2.05) is 39.0 Å². The zero-order chi connectivity index (χ0) is 15.8. The lowest BCUT2D eigenvalue weighted by atomic mass is 10.1. The van der Waals surface area contributed by atoms with Crippen molar-refractivity contribution in [1.82, 2.24) is 4.90 Å². The zero-order valence-electron chi connectivity index (χ0n) is 13.2. The van der Waals surface area contributed by atoms with Gasteiger partial charge in [0.1, 0.15) is 6.54 Å². The summed E-state index contributed by atoms with van der Waals surface area (Å²) in [7, 11) is 0. The number of benzene rings is 1.